The first-order valence-electron chi connectivity index (χ1n) is 10.3. The summed E-state index contributed by atoms with van der Waals surface area (Å²) in [6.07, 6.45) is 3.04. The number of aliphatic hydroxyl groups excluding tert-OH is 1. The lowest BCUT2D eigenvalue weighted by molar-refractivity contribution is -0.117. The van der Waals surface area contributed by atoms with Crippen LogP contribution in [0.5, 0.6) is 0 Å². The van der Waals surface area contributed by atoms with Gasteiger partial charge in [0.05, 0.1) is 21.8 Å². The number of allylic oxidation sites excluding steroid dienone is 1. The van der Waals surface area contributed by atoms with E-state index in [0.29, 0.717) is 21.2 Å². The van der Waals surface area contributed by atoms with Gasteiger partial charge in [0.15, 0.2) is 16.7 Å². The Kier molecular flexibility index (Phi) is 6.08. The van der Waals surface area contributed by atoms with Crippen molar-refractivity contribution in [3.63, 3.8) is 0 Å². The van der Waals surface area contributed by atoms with Gasteiger partial charge in [0.2, 0.25) is 0 Å². The molecule has 0 saturated carbocycles. The van der Waals surface area contributed by atoms with E-state index < -0.39 is 23.5 Å². The lowest BCUT2D eigenvalue weighted by Crippen LogP contribution is -2.30. The predicted molar refractivity (Wildman–Crippen MR) is 139 cm³/mol. The number of halogens is 2. The van der Waals surface area contributed by atoms with E-state index in [2.05, 4.69) is 20.9 Å². The second-order valence-electron chi connectivity index (χ2n) is 7.61. The van der Waals surface area contributed by atoms with Gasteiger partial charge in [-0.1, -0.05) is 87.4 Å². The highest BCUT2D eigenvalue weighted by atomic mass is 79.9. The SMILES string of the molecule is O=C(/C=C/c1ccccc1)C1=C(O)C(=O)N(c2nc3ccc(Cl)cc3s2)C1c1cccc(Br)c1. The summed E-state index contributed by atoms with van der Waals surface area (Å²) in [5, 5.41) is 11.8. The molecule has 3 aromatic carbocycles. The summed E-state index contributed by atoms with van der Waals surface area (Å²) in [4.78, 5) is 32.6. The molecule has 0 bridgehead atoms. The second-order valence-corrected chi connectivity index (χ2v) is 9.97. The fourth-order valence-corrected chi connectivity index (χ4v) is 5.55. The number of carbonyl (C=O) groups excluding carboxylic acids is 2. The Labute approximate surface area is 212 Å². The van der Waals surface area contributed by atoms with Crippen LogP contribution in [0.15, 0.2) is 94.7 Å². The van der Waals surface area contributed by atoms with Gasteiger partial charge >= 0.3 is 0 Å². The molecule has 1 aromatic heterocycles. The smallest absolute Gasteiger partial charge is 0.296 e. The normalized spacial score (nSPS) is 16.2. The topological polar surface area (TPSA) is 70.5 Å². The summed E-state index contributed by atoms with van der Waals surface area (Å²) in [5.41, 5.74) is 2.18. The zero-order valence-electron chi connectivity index (χ0n) is 17.5. The van der Waals surface area contributed by atoms with E-state index in [1.165, 1.54) is 22.3 Å². The van der Waals surface area contributed by atoms with E-state index in [4.69, 9.17) is 11.6 Å². The van der Waals surface area contributed by atoms with Crippen LogP contribution < -0.4 is 4.90 Å². The van der Waals surface area contributed by atoms with Crippen LogP contribution in [0.1, 0.15) is 17.2 Å². The number of thiazole rings is 1. The Hall–Kier alpha value is -3.26. The van der Waals surface area contributed by atoms with Crippen LogP contribution in [0.3, 0.4) is 0 Å². The molecule has 168 valence electrons. The summed E-state index contributed by atoms with van der Waals surface area (Å²) in [6.45, 7) is 0. The van der Waals surface area contributed by atoms with Crippen LogP contribution in [-0.4, -0.2) is 21.8 Å². The monoisotopic (exact) mass is 550 g/mol. The van der Waals surface area contributed by atoms with Crippen molar-refractivity contribution in [1.82, 2.24) is 4.98 Å². The van der Waals surface area contributed by atoms with Gasteiger partial charge in [-0.2, -0.15) is 0 Å². The van der Waals surface area contributed by atoms with Gasteiger partial charge in [-0.25, -0.2) is 4.98 Å². The lowest BCUT2D eigenvalue weighted by Gasteiger charge is -2.24. The summed E-state index contributed by atoms with van der Waals surface area (Å²) in [5.74, 6) is -1.71. The van der Waals surface area contributed by atoms with Crippen LogP contribution in [0.25, 0.3) is 16.3 Å². The number of hydrogen-bond donors (Lipinski definition) is 1. The Morgan fingerprint density at radius 2 is 1.88 bits per heavy atom. The third-order valence-electron chi connectivity index (χ3n) is 5.41. The molecule has 1 unspecified atom stereocenters. The molecule has 1 aliphatic rings. The molecule has 0 aliphatic carbocycles. The van der Waals surface area contributed by atoms with Crippen molar-refractivity contribution >= 4 is 72.0 Å². The largest absolute Gasteiger partial charge is 0.503 e. The first-order chi connectivity index (χ1) is 16.4. The maximum absolute atomic E-state index is 13.3. The average molecular weight is 552 g/mol. The molecule has 5 rings (SSSR count). The van der Waals surface area contributed by atoms with E-state index in [9.17, 15) is 14.7 Å². The number of amides is 1. The molecule has 1 N–H and O–H groups in total. The third kappa shape index (κ3) is 4.18. The molecule has 5 nitrogen and oxygen atoms in total. The molecule has 8 heteroatoms. The molecule has 1 amide bonds. The van der Waals surface area contributed by atoms with E-state index in [0.717, 1.165) is 14.7 Å². The molecule has 1 atom stereocenters. The van der Waals surface area contributed by atoms with Gasteiger partial charge in [-0.05, 0) is 47.5 Å². The zero-order valence-corrected chi connectivity index (χ0v) is 20.6. The number of ketones is 1. The van der Waals surface area contributed by atoms with E-state index in [1.807, 2.05) is 54.6 Å². The van der Waals surface area contributed by atoms with Gasteiger partial charge in [0.1, 0.15) is 0 Å². The number of hydrogen-bond acceptors (Lipinski definition) is 5. The zero-order chi connectivity index (χ0) is 23.8. The fourth-order valence-electron chi connectivity index (χ4n) is 3.86. The molecular formula is C26H16BrClN2O3S. The van der Waals surface area contributed by atoms with Crippen molar-refractivity contribution in [2.45, 2.75) is 6.04 Å². The maximum atomic E-state index is 13.3. The number of benzene rings is 3. The molecule has 4 aromatic rings. The molecule has 0 spiro atoms. The molecule has 1 aliphatic heterocycles. The van der Waals surface area contributed by atoms with Gasteiger partial charge in [-0.3, -0.25) is 14.5 Å². The number of fused-ring (bicyclic) bond motifs is 1. The van der Waals surface area contributed by atoms with Crippen molar-refractivity contribution in [3.8, 4) is 0 Å². The van der Waals surface area contributed by atoms with E-state index in [1.54, 1.807) is 24.3 Å². The van der Waals surface area contributed by atoms with Crippen molar-refractivity contribution < 1.29 is 14.7 Å². The molecule has 0 fully saturated rings. The van der Waals surface area contributed by atoms with Crippen LogP contribution in [0.4, 0.5) is 5.13 Å². The minimum absolute atomic E-state index is 0.00701. The van der Waals surface area contributed by atoms with Gasteiger partial charge < -0.3 is 5.11 Å². The van der Waals surface area contributed by atoms with Crippen molar-refractivity contribution in [1.29, 1.82) is 0 Å². The Morgan fingerprint density at radius 1 is 1.09 bits per heavy atom. The molecule has 34 heavy (non-hydrogen) atoms. The highest BCUT2D eigenvalue weighted by Gasteiger charge is 2.45. The van der Waals surface area contributed by atoms with E-state index >= 15 is 0 Å². The molecule has 0 saturated heterocycles. The van der Waals surface area contributed by atoms with E-state index in [-0.39, 0.29) is 5.57 Å². The number of aromatic nitrogens is 1. The van der Waals surface area contributed by atoms with Crippen LogP contribution in [0, 0.1) is 0 Å². The Morgan fingerprint density at radius 3 is 2.65 bits per heavy atom. The fraction of sp³-hybridized carbons (Fsp3) is 0.0385. The number of aliphatic hydroxyl groups is 1. The molecule has 2 heterocycles. The van der Waals surface area contributed by atoms with Gasteiger partial charge in [0.25, 0.3) is 5.91 Å². The first kappa shape index (κ1) is 22.5. The first-order valence-corrected chi connectivity index (χ1v) is 12.3. The lowest BCUT2D eigenvalue weighted by atomic mass is 9.96. The van der Waals surface area contributed by atoms with Crippen molar-refractivity contribution in [2.24, 2.45) is 0 Å². The summed E-state index contributed by atoms with van der Waals surface area (Å²) < 4.78 is 1.58. The van der Waals surface area contributed by atoms with Crippen molar-refractivity contribution in [3.05, 3.63) is 111 Å². The van der Waals surface area contributed by atoms with Crippen LogP contribution in [0.2, 0.25) is 5.02 Å². The second kappa shape index (κ2) is 9.18. The number of nitrogens with zero attached hydrogens (tertiary/aromatic N) is 2. The Bertz CT molecular complexity index is 1500. The third-order valence-corrected chi connectivity index (χ3v) is 7.16. The van der Waals surface area contributed by atoms with Gasteiger partial charge in [0, 0.05) is 9.50 Å². The number of carbonyl (C=O) groups is 2. The van der Waals surface area contributed by atoms with Gasteiger partial charge in [-0.15, -0.1) is 0 Å². The minimum atomic E-state index is -0.839. The number of anilines is 1. The maximum Gasteiger partial charge on any atom is 0.296 e. The predicted octanol–water partition coefficient (Wildman–Crippen LogP) is 6.89. The highest BCUT2D eigenvalue weighted by Crippen LogP contribution is 2.44. The Balaban J connectivity index is 1.61. The van der Waals surface area contributed by atoms with Crippen LogP contribution in [-0.2, 0) is 9.59 Å². The minimum Gasteiger partial charge on any atom is -0.503 e. The average Bonchev–Trinajstić information content (AvgIpc) is 3.36. The quantitative estimate of drug-likeness (QED) is 0.274. The standard InChI is InChI=1S/C26H16BrClN2O3S/c27-17-8-4-7-16(13-17)23-22(20(31)12-9-15-5-2-1-3-6-15)24(32)25(33)30(23)26-29-19-11-10-18(28)14-21(19)34-26/h1-14,23,32H/b12-9+. The van der Waals surface area contributed by atoms with Crippen LogP contribution >= 0.6 is 38.9 Å². The number of rotatable bonds is 5. The summed E-state index contributed by atoms with van der Waals surface area (Å²) in [7, 11) is 0. The molecule has 0 radical (unpaired) electrons. The summed E-state index contributed by atoms with van der Waals surface area (Å²) in [6, 6.07) is 21.1. The highest BCUT2D eigenvalue weighted by molar-refractivity contribution is 9.10. The van der Waals surface area contributed by atoms with Crippen molar-refractivity contribution in [2.75, 3.05) is 4.90 Å². The molecular weight excluding hydrogens is 536 g/mol. The summed E-state index contributed by atoms with van der Waals surface area (Å²) >= 11 is 10.9.